The van der Waals surface area contributed by atoms with Gasteiger partial charge in [-0.3, -0.25) is 10.1 Å². The lowest BCUT2D eigenvalue weighted by atomic mass is 9.98. The minimum Gasteiger partial charge on any atom is -0.479 e. The van der Waals surface area contributed by atoms with Crippen LogP contribution in [0.2, 0.25) is 0 Å². The molecular weight excluding hydrogens is 455 g/mol. The highest BCUT2D eigenvalue weighted by Gasteiger charge is 2.31. The highest BCUT2D eigenvalue weighted by molar-refractivity contribution is 6.03. The van der Waals surface area contributed by atoms with Crippen molar-refractivity contribution >= 4 is 23.7 Å². The Balaban J connectivity index is 1.46. The molecule has 1 atom stereocenters. The van der Waals surface area contributed by atoms with E-state index in [0.717, 1.165) is 41.3 Å². The van der Waals surface area contributed by atoms with Gasteiger partial charge in [-0.15, -0.1) is 0 Å². The van der Waals surface area contributed by atoms with Gasteiger partial charge in [-0.2, -0.15) is 0 Å². The van der Waals surface area contributed by atoms with E-state index in [1.54, 1.807) is 0 Å². The van der Waals surface area contributed by atoms with Gasteiger partial charge < -0.3 is 20.3 Å². The molecule has 4 rings (SSSR count). The topological polar surface area (TPSA) is 125 Å². The van der Waals surface area contributed by atoms with E-state index in [0.29, 0.717) is 0 Å². The second kappa shape index (κ2) is 9.55. The van der Waals surface area contributed by atoms with Crippen LogP contribution in [-0.4, -0.2) is 46.9 Å². The molecule has 180 valence electrons. The second-order valence-electron chi connectivity index (χ2n) is 8.40. The standard InChI is InChI=1S/C26H23FN2O6/c1-26(34,24(31)32)14-28-23(30)20-12-15(27)10-11-22(20)29-25(33)35-13-21-18-8-4-2-6-16(18)17-7-3-5-9-19(17)21/h2-12,21,34H,13-14H2,1H3,(H,28,30)(H,29,33)(H,31,32). The Hall–Kier alpha value is -4.24. The summed E-state index contributed by atoms with van der Waals surface area (Å²) >= 11 is 0. The van der Waals surface area contributed by atoms with E-state index in [2.05, 4.69) is 10.6 Å². The Morgan fingerprint density at radius 3 is 2.20 bits per heavy atom. The Labute approximate surface area is 200 Å². The molecule has 35 heavy (non-hydrogen) atoms. The maximum atomic E-state index is 13.8. The first kappa shape index (κ1) is 23.9. The van der Waals surface area contributed by atoms with Gasteiger partial charge in [-0.05, 0) is 47.4 Å². The Morgan fingerprint density at radius 1 is 1.00 bits per heavy atom. The van der Waals surface area contributed by atoms with Crippen LogP contribution in [0.1, 0.15) is 34.3 Å². The molecule has 0 aromatic heterocycles. The van der Waals surface area contributed by atoms with Gasteiger partial charge in [0.05, 0.1) is 17.8 Å². The number of hydrogen-bond acceptors (Lipinski definition) is 5. The number of carbonyl (C=O) groups is 3. The van der Waals surface area contributed by atoms with Gasteiger partial charge in [0, 0.05) is 5.92 Å². The molecule has 0 spiro atoms. The number of amides is 2. The molecular formula is C26H23FN2O6. The predicted molar refractivity (Wildman–Crippen MR) is 126 cm³/mol. The fourth-order valence-electron chi connectivity index (χ4n) is 3.98. The van der Waals surface area contributed by atoms with E-state index in [4.69, 9.17) is 9.84 Å². The van der Waals surface area contributed by atoms with Crippen LogP contribution in [0, 0.1) is 5.82 Å². The summed E-state index contributed by atoms with van der Waals surface area (Å²) in [5.74, 6) is -3.31. The molecule has 0 bridgehead atoms. The maximum absolute atomic E-state index is 13.8. The number of aliphatic carboxylic acids is 1. The number of hydrogen-bond donors (Lipinski definition) is 4. The third-order valence-corrected chi connectivity index (χ3v) is 5.86. The number of carboxylic acids is 1. The summed E-state index contributed by atoms with van der Waals surface area (Å²) in [4.78, 5) is 36.2. The van der Waals surface area contributed by atoms with Crippen LogP contribution >= 0.6 is 0 Å². The second-order valence-corrected chi connectivity index (χ2v) is 8.40. The number of ether oxygens (including phenoxy) is 1. The van der Waals surface area contributed by atoms with Gasteiger partial charge in [0.25, 0.3) is 5.91 Å². The lowest BCUT2D eigenvalue weighted by Crippen LogP contribution is -2.46. The third kappa shape index (κ3) is 4.99. The molecule has 3 aromatic rings. The first-order valence-corrected chi connectivity index (χ1v) is 10.8. The van der Waals surface area contributed by atoms with Gasteiger partial charge in [0.15, 0.2) is 5.60 Å². The van der Waals surface area contributed by atoms with Crippen molar-refractivity contribution < 1.29 is 33.7 Å². The fraction of sp³-hybridized carbons (Fsp3) is 0.192. The molecule has 9 heteroatoms. The summed E-state index contributed by atoms with van der Waals surface area (Å²) in [7, 11) is 0. The van der Waals surface area contributed by atoms with E-state index in [9.17, 15) is 23.9 Å². The molecule has 8 nitrogen and oxygen atoms in total. The van der Waals surface area contributed by atoms with Gasteiger partial charge in [-0.25, -0.2) is 14.0 Å². The van der Waals surface area contributed by atoms with Crippen molar-refractivity contribution in [3.05, 3.63) is 89.2 Å². The number of benzene rings is 3. The minimum absolute atomic E-state index is 0.0314. The molecule has 1 aliphatic rings. The van der Waals surface area contributed by atoms with Crippen LogP contribution in [0.5, 0.6) is 0 Å². The monoisotopic (exact) mass is 478 g/mol. The molecule has 0 aliphatic heterocycles. The number of aliphatic hydroxyl groups is 1. The highest BCUT2D eigenvalue weighted by Crippen LogP contribution is 2.44. The van der Waals surface area contributed by atoms with Crippen LogP contribution < -0.4 is 10.6 Å². The van der Waals surface area contributed by atoms with Gasteiger partial charge in [-0.1, -0.05) is 48.5 Å². The van der Waals surface area contributed by atoms with E-state index in [1.807, 2.05) is 48.5 Å². The van der Waals surface area contributed by atoms with E-state index in [-0.39, 0.29) is 23.8 Å². The normalized spacial score (nSPS) is 13.8. The van der Waals surface area contributed by atoms with Gasteiger partial charge >= 0.3 is 12.1 Å². The van der Waals surface area contributed by atoms with Crippen molar-refractivity contribution in [1.29, 1.82) is 0 Å². The molecule has 0 radical (unpaired) electrons. The summed E-state index contributed by atoms with van der Waals surface area (Å²) in [5, 5.41) is 23.4. The number of nitrogens with one attached hydrogen (secondary N) is 2. The first-order chi connectivity index (χ1) is 16.7. The minimum atomic E-state index is -2.22. The number of rotatable bonds is 7. The average molecular weight is 478 g/mol. The summed E-state index contributed by atoms with van der Waals surface area (Å²) in [6.45, 7) is 0.434. The van der Waals surface area contributed by atoms with Gasteiger partial charge in [0.2, 0.25) is 0 Å². The van der Waals surface area contributed by atoms with E-state index in [1.165, 1.54) is 6.07 Å². The zero-order chi connectivity index (χ0) is 25.2. The number of fused-ring (bicyclic) bond motifs is 3. The third-order valence-electron chi connectivity index (χ3n) is 5.86. The summed E-state index contributed by atoms with van der Waals surface area (Å²) in [6.07, 6.45) is -0.843. The van der Waals surface area contributed by atoms with Crippen LogP contribution in [-0.2, 0) is 9.53 Å². The molecule has 1 aliphatic carbocycles. The summed E-state index contributed by atoms with van der Waals surface area (Å²) < 4.78 is 19.3. The molecule has 2 amide bonds. The highest BCUT2D eigenvalue weighted by atomic mass is 19.1. The maximum Gasteiger partial charge on any atom is 0.411 e. The molecule has 0 saturated carbocycles. The average Bonchev–Trinajstić information content (AvgIpc) is 3.16. The molecule has 0 saturated heterocycles. The number of anilines is 1. The SMILES string of the molecule is CC(O)(CNC(=O)c1cc(F)ccc1NC(=O)OCC1c2ccccc2-c2ccccc21)C(=O)O. The number of carboxylic acid groups (broad SMARTS) is 1. The summed E-state index contributed by atoms with van der Waals surface area (Å²) in [5.41, 5.74) is 1.72. The molecule has 1 unspecified atom stereocenters. The van der Waals surface area contributed by atoms with Crippen molar-refractivity contribution in [3.63, 3.8) is 0 Å². The largest absolute Gasteiger partial charge is 0.479 e. The van der Waals surface area contributed by atoms with Crippen LogP contribution in [0.15, 0.2) is 66.7 Å². The number of carbonyl (C=O) groups excluding carboxylic acids is 2. The zero-order valence-electron chi connectivity index (χ0n) is 18.7. The zero-order valence-corrected chi connectivity index (χ0v) is 18.7. The van der Waals surface area contributed by atoms with Crippen LogP contribution in [0.4, 0.5) is 14.9 Å². The number of halogens is 1. The van der Waals surface area contributed by atoms with Crippen molar-refractivity contribution in [3.8, 4) is 11.1 Å². The summed E-state index contributed by atoms with van der Waals surface area (Å²) in [6, 6.07) is 18.9. The lowest BCUT2D eigenvalue weighted by Gasteiger charge is -2.19. The van der Waals surface area contributed by atoms with Crippen molar-refractivity contribution in [2.75, 3.05) is 18.5 Å². The van der Waals surface area contributed by atoms with E-state index >= 15 is 0 Å². The smallest absolute Gasteiger partial charge is 0.411 e. The van der Waals surface area contributed by atoms with Gasteiger partial charge in [0.1, 0.15) is 12.4 Å². The van der Waals surface area contributed by atoms with Crippen LogP contribution in [0.3, 0.4) is 0 Å². The lowest BCUT2D eigenvalue weighted by molar-refractivity contribution is -0.155. The molecule has 4 N–H and O–H groups in total. The van der Waals surface area contributed by atoms with Crippen molar-refractivity contribution in [1.82, 2.24) is 5.32 Å². The van der Waals surface area contributed by atoms with Crippen LogP contribution in [0.25, 0.3) is 11.1 Å². The quantitative estimate of drug-likeness (QED) is 0.410. The Bertz CT molecular complexity index is 1260. The molecule has 3 aromatic carbocycles. The molecule has 0 heterocycles. The first-order valence-electron chi connectivity index (χ1n) is 10.8. The van der Waals surface area contributed by atoms with E-state index < -0.39 is 35.9 Å². The van der Waals surface area contributed by atoms with Crippen molar-refractivity contribution in [2.24, 2.45) is 0 Å². The fourth-order valence-corrected chi connectivity index (χ4v) is 3.98. The predicted octanol–water partition coefficient (Wildman–Crippen LogP) is 3.75. The molecule has 0 fully saturated rings. The Morgan fingerprint density at radius 2 is 1.60 bits per heavy atom. The van der Waals surface area contributed by atoms with Crippen molar-refractivity contribution in [2.45, 2.75) is 18.4 Å². The Kier molecular flexibility index (Phi) is 6.52.